The van der Waals surface area contributed by atoms with Gasteiger partial charge in [0.25, 0.3) is 0 Å². The Balaban J connectivity index is 1.65. The molecule has 1 saturated carbocycles. The van der Waals surface area contributed by atoms with E-state index in [0.717, 1.165) is 47.4 Å². The van der Waals surface area contributed by atoms with Crippen LogP contribution < -0.4 is 0 Å². The van der Waals surface area contributed by atoms with Crippen molar-refractivity contribution in [3.63, 3.8) is 0 Å². The highest BCUT2D eigenvalue weighted by atomic mass is 79.9. The van der Waals surface area contributed by atoms with E-state index in [1.165, 1.54) is 0 Å². The predicted molar refractivity (Wildman–Crippen MR) is 104 cm³/mol. The number of hydrogen-bond donors (Lipinski definition) is 1. The second kappa shape index (κ2) is 6.12. The van der Waals surface area contributed by atoms with Crippen LogP contribution in [0.4, 0.5) is 4.79 Å². The van der Waals surface area contributed by atoms with Crippen molar-refractivity contribution in [2.24, 2.45) is 5.92 Å². The molecule has 1 amide bonds. The van der Waals surface area contributed by atoms with Crippen molar-refractivity contribution in [2.45, 2.75) is 51.2 Å². The van der Waals surface area contributed by atoms with Crippen LogP contribution in [0.25, 0.3) is 11.3 Å². The molecule has 2 heterocycles. The fourth-order valence-corrected chi connectivity index (χ4v) is 4.47. The molecule has 1 aromatic heterocycles. The molecule has 2 atom stereocenters. The number of piperidine rings is 1. The number of ether oxygens (including phenoxy) is 1. The number of rotatable bonds is 2. The van der Waals surface area contributed by atoms with Crippen molar-refractivity contribution < 1.29 is 9.53 Å². The lowest BCUT2D eigenvalue weighted by Gasteiger charge is -2.38. The monoisotopic (exact) mass is 417 g/mol. The van der Waals surface area contributed by atoms with Crippen molar-refractivity contribution in [2.75, 3.05) is 6.54 Å². The molecule has 26 heavy (non-hydrogen) atoms. The van der Waals surface area contributed by atoms with E-state index < -0.39 is 5.60 Å². The minimum absolute atomic E-state index is 0.235. The molecule has 1 aliphatic heterocycles. The zero-order valence-corrected chi connectivity index (χ0v) is 17.0. The number of carbonyl (C=O) groups excluding carboxylic acids is 1. The highest BCUT2D eigenvalue weighted by Gasteiger charge is 2.56. The number of likely N-dealkylation sites (tertiary alicyclic amines) is 1. The summed E-state index contributed by atoms with van der Waals surface area (Å²) in [6, 6.07) is 8.14. The lowest BCUT2D eigenvalue weighted by molar-refractivity contribution is 0.000496. The molecule has 5 nitrogen and oxygen atoms in total. The molecule has 1 saturated heterocycles. The Morgan fingerprint density at radius 2 is 2.08 bits per heavy atom. The zero-order valence-electron chi connectivity index (χ0n) is 15.4. The van der Waals surface area contributed by atoms with Crippen LogP contribution in [0, 0.1) is 5.92 Å². The lowest BCUT2D eigenvalue weighted by atomic mass is 9.96. The summed E-state index contributed by atoms with van der Waals surface area (Å²) in [6.45, 7) is 6.47. The number of carbonyl (C=O) groups is 1. The number of amides is 1. The average Bonchev–Trinajstić information content (AvgIpc) is 3.28. The molecule has 138 valence electrons. The maximum absolute atomic E-state index is 12.8. The quantitative estimate of drug-likeness (QED) is 0.740. The van der Waals surface area contributed by atoms with Crippen LogP contribution in [0.2, 0.25) is 0 Å². The van der Waals surface area contributed by atoms with Gasteiger partial charge in [0.15, 0.2) is 0 Å². The molecule has 2 aromatic rings. The maximum Gasteiger partial charge on any atom is 0.411 e. The van der Waals surface area contributed by atoms with E-state index in [0.29, 0.717) is 5.92 Å². The van der Waals surface area contributed by atoms with Crippen LogP contribution in [-0.2, 0) is 10.3 Å². The van der Waals surface area contributed by atoms with Crippen molar-refractivity contribution in [1.29, 1.82) is 0 Å². The van der Waals surface area contributed by atoms with E-state index in [4.69, 9.17) is 4.74 Å². The van der Waals surface area contributed by atoms with Crippen molar-refractivity contribution in [1.82, 2.24) is 14.9 Å². The van der Waals surface area contributed by atoms with Crippen LogP contribution in [0.3, 0.4) is 0 Å². The number of fused-ring (bicyclic) bond motifs is 2. The molecule has 0 spiro atoms. The number of nitrogens with one attached hydrogen (secondary N) is 1. The molecular formula is C20H24BrN3O2. The van der Waals surface area contributed by atoms with Gasteiger partial charge in [-0.15, -0.1) is 0 Å². The maximum atomic E-state index is 12.8. The number of hydrogen-bond acceptors (Lipinski definition) is 3. The number of halogens is 1. The van der Waals surface area contributed by atoms with Crippen LogP contribution in [0.15, 0.2) is 34.9 Å². The van der Waals surface area contributed by atoms with E-state index in [-0.39, 0.29) is 11.6 Å². The first-order valence-electron chi connectivity index (χ1n) is 9.09. The van der Waals surface area contributed by atoms with Gasteiger partial charge in [-0.05, 0) is 63.6 Å². The summed E-state index contributed by atoms with van der Waals surface area (Å²) in [5, 5.41) is 0. The van der Waals surface area contributed by atoms with Gasteiger partial charge >= 0.3 is 6.09 Å². The molecule has 4 rings (SSSR count). The molecule has 2 unspecified atom stereocenters. The van der Waals surface area contributed by atoms with Gasteiger partial charge in [-0.25, -0.2) is 9.78 Å². The Hall–Kier alpha value is -1.82. The summed E-state index contributed by atoms with van der Waals surface area (Å²) in [7, 11) is 0. The first kappa shape index (κ1) is 17.6. The van der Waals surface area contributed by atoms with Crippen LogP contribution in [-0.4, -0.2) is 33.1 Å². The predicted octanol–water partition coefficient (Wildman–Crippen LogP) is 5.09. The van der Waals surface area contributed by atoms with Gasteiger partial charge in [0.1, 0.15) is 17.0 Å². The van der Waals surface area contributed by atoms with E-state index in [2.05, 4.69) is 38.0 Å². The third-order valence-corrected chi connectivity index (χ3v) is 5.86. The molecule has 1 aliphatic carbocycles. The van der Waals surface area contributed by atoms with Crippen LogP contribution in [0.1, 0.15) is 45.9 Å². The average molecular weight is 418 g/mol. The summed E-state index contributed by atoms with van der Waals surface area (Å²) in [5.74, 6) is 1.41. The van der Waals surface area contributed by atoms with Gasteiger partial charge in [-0.2, -0.15) is 0 Å². The molecule has 2 aliphatic rings. The summed E-state index contributed by atoms with van der Waals surface area (Å²) in [6.07, 6.45) is 4.66. The molecular weight excluding hydrogens is 394 g/mol. The van der Waals surface area contributed by atoms with Crippen molar-refractivity contribution in [3.8, 4) is 11.3 Å². The van der Waals surface area contributed by atoms with Crippen molar-refractivity contribution >= 4 is 22.0 Å². The zero-order chi connectivity index (χ0) is 18.5. The Kier molecular flexibility index (Phi) is 4.14. The lowest BCUT2D eigenvalue weighted by Crippen LogP contribution is -2.48. The highest BCUT2D eigenvalue weighted by molar-refractivity contribution is 9.10. The molecule has 1 aromatic carbocycles. The molecule has 2 fully saturated rings. The van der Waals surface area contributed by atoms with E-state index in [9.17, 15) is 4.79 Å². The number of nitrogens with zero attached hydrogens (tertiary/aromatic N) is 2. The number of aromatic amines is 1. The fraction of sp³-hybridized carbons (Fsp3) is 0.500. The number of imidazole rings is 1. The third-order valence-electron chi connectivity index (χ3n) is 5.34. The first-order valence-corrected chi connectivity index (χ1v) is 9.88. The summed E-state index contributed by atoms with van der Waals surface area (Å²) < 4.78 is 6.71. The smallest absolute Gasteiger partial charge is 0.411 e. The first-order chi connectivity index (χ1) is 12.3. The highest BCUT2D eigenvalue weighted by Crippen LogP contribution is 2.52. The summed E-state index contributed by atoms with van der Waals surface area (Å²) >= 11 is 3.47. The van der Waals surface area contributed by atoms with Gasteiger partial charge in [-0.3, -0.25) is 4.90 Å². The summed E-state index contributed by atoms with van der Waals surface area (Å²) in [4.78, 5) is 22.9. The second-order valence-corrected chi connectivity index (χ2v) is 9.30. The fourth-order valence-electron chi connectivity index (χ4n) is 4.20. The van der Waals surface area contributed by atoms with Gasteiger partial charge in [-0.1, -0.05) is 28.1 Å². The normalized spacial score (nSPS) is 24.9. The summed E-state index contributed by atoms with van der Waals surface area (Å²) in [5.41, 5.74) is 1.20. The Bertz CT molecular complexity index is 824. The van der Waals surface area contributed by atoms with Gasteiger partial charge in [0.2, 0.25) is 0 Å². The second-order valence-electron chi connectivity index (χ2n) is 8.38. The van der Waals surface area contributed by atoms with E-state index in [1.54, 1.807) is 0 Å². The molecule has 1 N–H and O–H groups in total. The van der Waals surface area contributed by atoms with E-state index >= 15 is 0 Å². The molecule has 2 bridgehead atoms. The largest absolute Gasteiger partial charge is 0.444 e. The Morgan fingerprint density at radius 1 is 1.35 bits per heavy atom. The number of benzene rings is 1. The SMILES string of the molecule is CC(C)(C)OC(=O)N1CC2CCC1(c1ncc(-c3ccc(Br)cc3)[nH]1)C2. The topological polar surface area (TPSA) is 58.2 Å². The van der Waals surface area contributed by atoms with Gasteiger partial charge in [0.05, 0.1) is 11.9 Å². The van der Waals surface area contributed by atoms with Crippen molar-refractivity contribution in [3.05, 3.63) is 40.8 Å². The minimum atomic E-state index is -0.494. The number of aromatic nitrogens is 2. The minimum Gasteiger partial charge on any atom is -0.444 e. The van der Waals surface area contributed by atoms with Crippen LogP contribution in [0.5, 0.6) is 0 Å². The molecule has 0 radical (unpaired) electrons. The number of H-pyrrole nitrogens is 1. The van der Waals surface area contributed by atoms with Gasteiger partial charge in [0, 0.05) is 11.0 Å². The van der Waals surface area contributed by atoms with Crippen LogP contribution >= 0.6 is 15.9 Å². The Labute approximate surface area is 162 Å². The molecule has 6 heteroatoms. The van der Waals surface area contributed by atoms with E-state index in [1.807, 2.05) is 44.0 Å². The standard InChI is InChI=1S/C20H24BrN3O2/c1-19(2,3)26-18(25)24-12-13-8-9-20(24,10-13)17-22-11-16(23-17)14-4-6-15(21)7-5-14/h4-7,11,13H,8-10,12H2,1-3H3,(H,22,23). The van der Waals surface area contributed by atoms with Gasteiger partial charge < -0.3 is 9.72 Å². The Morgan fingerprint density at radius 3 is 2.73 bits per heavy atom. The third kappa shape index (κ3) is 3.04.